The van der Waals surface area contributed by atoms with Gasteiger partial charge < -0.3 is 10.2 Å². The van der Waals surface area contributed by atoms with Crippen LogP contribution in [-0.2, 0) is 25.4 Å². The molecule has 1 amide bonds. The van der Waals surface area contributed by atoms with Crippen molar-refractivity contribution in [3.05, 3.63) is 32.6 Å². The Balaban J connectivity index is 2.56. The summed E-state index contributed by atoms with van der Waals surface area (Å²) in [5.41, 5.74) is -0.0639. The maximum absolute atomic E-state index is 11.8. The fraction of sp³-hybridized carbons (Fsp3) is 0.643. The highest BCUT2D eigenvalue weighted by Gasteiger charge is 2.09. The molecule has 0 aliphatic rings. The summed E-state index contributed by atoms with van der Waals surface area (Å²) in [6.45, 7) is 6.21. The van der Waals surface area contributed by atoms with Crippen molar-refractivity contribution in [2.45, 2.75) is 26.8 Å². The molecule has 1 heterocycles. The Kier molecular flexibility index (Phi) is 6.36. The van der Waals surface area contributed by atoms with Gasteiger partial charge in [-0.1, -0.05) is 0 Å². The van der Waals surface area contributed by atoms with Crippen LogP contribution >= 0.6 is 0 Å². The third-order valence-corrected chi connectivity index (χ3v) is 3.56. The number of hydrogen-bond donors (Lipinski definition) is 1. The molecule has 0 bridgehead atoms. The molecule has 0 aromatic carbocycles. The van der Waals surface area contributed by atoms with Crippen molar-refractivity contribution in [2.24, 2.45) is 14.1 Å². The van der Waals surface area contributed by atoms with E-state index < -0.39 is 0 Å². The van der Waals surface area contributed by atoms with Crippen LogP contribution in [0.1, 0.15) is 26.0 Å². The molecule has 1 N–H and O–H groups in total. The van der Waals surface area contributed by atoms with E-state index in [1.54, 1.807) is 11.9 Å². The Morgan fingerprint density at radius 3 is 2.38 bits per heavy atom. The second-order valence-corrected chi connectivity index (χ2v) is 4.87. The minimum Gasteiger partial charge on any atom is -0.343 e. The first-order valence-electron chi connectivity index (χ1n) is 7.16. The topological polar surface area (TPSA) is 76.3 Å². The molecule has 1 rings (SSSR count). The van der Waals surface area contributed by atoms with Crippen LogP contribution in [0.3, 0.4) is 0 Å². The summed E-state index contributed by atoms with van der Waals surface area (Å²) in [7, 11) is 3.07. The molecule has 0 unspecified atom stereocenters. The number of rotatable bonds is 7. The van der Waals surface area contributed by atoms with Crippen LogP contribution in [0, 0.1) is 0 Å². The van der Waals surface area contributed by atoms with Crippen LogP contribution < -0.4 is 16.6 Å². The molecule has 1 aromatic rings. The van der Waals surface area contributed by atoms with Gasteiger partial charge in [-0.15, -0.1) is 0 Å². The van der Waals surface area contributed by atoms with Gasteiger partial charge >= 0.3 is 5.69 Å². The van der Waals surface area contributed by atoms with Crippen molar-refractivity contribution >= 4 is 5.91 Å². The van der Waals surface area contributed by atoms with Gasteiger partial charge in [-0.2, -0.15) is 0 Å². The number of nitrogens with one attached hydrogen (secondary N) is 1. The quantitative estimate of drug-likeness (QED) is 0.684. The first kappa shape index (κ1) is 17.2. The molecular formula is C14H24N4O3. The molecule has 0 aliphatic carbocycles. The lowest BCUT2D eigenvalue weighted by Crippen LogP contribution is -2.39. The van der Waals surface area contributed by atoms with Gasteiger partial charge in [-0.05, 0) is 13.8 Å². The summed E-state index contributed by atoms with van der Waals surface area (Å²) < 4.78 is 2.49. The molecular weight excluding hydrogens is 272 g/mol. The largest absolute Gasteiger partial charge is 0.343 e. The minimum atomic E-state index is -0.349. The predicted molar refractivity (Wildman–Crippen MR) is 81.2 cm³/mol. The molecule has 0 atom stereocenters. The van der Waals surface area contributed by atoms with Gasteiger partial charge in [0.1, 0.15) is 0 Å². The predicted octanol–water partition coefficient (Wildman–Crippen LogP) is -0.568. The van der Waals surface area contributed by atoms with Gasteiger partial charge in [0.15, 0.2) is 0 Å². The van der Waals surface area contributed by atoms with Gasteiger partial charge in [0.2, 0.25) is 5.91 Å². The maximum Gasteiger partial charge on any atom is 0.330 e. The standard InChI is InChI=1S/C14H24N4O3/c1-5-18(6-2)12(19)7-8-15-10-11-9-13(20)17(4)14(21)16(11)3/h9,15H,5-8,10H2,1-4H3. The third-order valence-electron chi connectivity index (χ3n) is 3.56. The molecule has 21 heavy (non-hydrogen) atoms. The van der Waals surface area contributed by atoms with E-state index in [1.165, 1.54) is 17.7 Å². The van der Waals surface area contributed by atoms with Gasteiger partial charge in [-0.25, -0.2) is 4.79 Å². The average molecular weight is 296 g/mol. The van der Waals surface area contributed by atoms with Crippen LogP contribution in [0.15, 0.2) is 15.7 Å². The van der Waals surface area contributed by atoms with Crippen molar-refractivity contribution in [3.8, 4) is 0 Å². The van der Waals surface area contributed by atoms with E-state index in [4.69, 9.17) is 0 Å². The zero-order valence-corrected chi connectivity index (χ0v) is 13.2. The lowest BCUT2D eigenvalue weighted by Gasteiger charge is -2.18. The van der Waals surface area contributed by atoms with Crippen LogP contribution in [0.25, 0.3) is 0 Å². The second-order valence-electron chi connectivity index (χ2n) is 4.87. The molecule has 0 spiro atoms. The van der Waals surface area contributed by atoms with E-state index in [0.717, 1.165) is 4.57 Å². The summed E-state index contributed by atoms with van der Waals surface area (Å²) in [5, 5.41) is 3.10. The smallest absolute Gasteiger partial charge is 0.330 e. The fourth-order valence-electron chi connectivity index (χ4n) is 2.09. The fourth-order valence-corrected chi connectivity index (χ4v) is 2.09. The number of carbonyl (C=O) groups is 1. The molecule has 7 nitrogen and oxygen atoms in total. The summed E-state index contributed by atoms with van der Waals surface area (Å²) in [5.74, 6) is 0.102. The number of carbonyl (C=O) groups excluding carboxylic acids is 1. The molecule has 1 aromatic heterocycles. The maximum atomic E-state index is 11.8. The Labute approximate surface area is 124 Å². The number of amides is 1. The molecule has 0 saturated heterocycles. The SMILES string of the molecule is CCN(CC)C(=O)CCNCc1cc(=O)n(C)c(=O)n1C. The monoisotopic (exact) mass is 296 g/mol. The van der Waals surface area contributed by atoms with Crippen molar-refractivity contribution < 1.29 is 4.79 Å². The average Bonchev–Trinajstić information content (AvgIpc) is 2.47. The van der Waals surface area contributed by atoms with E-state index in [-0.39, 0.29) is 17.2 Å². The molecule has 118 valence electrons. The Bertz CT molecular complexity index is 599. The number of nitrogens with zero attached hydrogens (tertiary/aromatic N) is 3. The van der Waals surface area contributed by atoms with Crippen molar-refractivity contribution in [1.29, 1.82) is 0 Å². The summed E-state index contributed by atoms with van der Waals surface area (Å²) >= 11 is 0. The molecule has 0 aliphatic heterocycles. The Morgan fingerprint density at radius 2 is 1.81 bits per heavy atom. The first-order valence-corrected chi connectivity index (χ1v) is 7.16. The normalized spacial score (nSPS) is 10.7. The Hall–Kier alpha value is -1.89. The summed E-state index contributed by atoms with van der Waals surface area (Å²) in [4.78, 5) is 36.9. The number of hydrogen-bond acceptors (Lipinski definition) is 4. The van der Waals surface area contributed by atoms with Crippen LogP contribution in [0.5, 0.6) is 0 Å². The van der Waals surface area contributed by atoms with Crippen molar-refractivity contribution in [1.82, 2.24) is 19.4 Å². The van der Waals surface area contributed by atoms with Gasteiger partial charge in [0.05, 0.1) is 0 Å². The van der Waals surface area contributed by atoms with E-state index in [0.29, 0.717) is 38.3 Å². The van der Waals surface area contributed by atoms with Crippen LogP contribution in [-0.4, -0.2) is 39.6 Å². The van der Waals surface area contributed by atoms with Crippen LogP contribution in [0.4, 0.5) is 0 Å². The highest BCUT2D eigenvalue weighted by molar-refractivity contribution is 5.76. The highest BCUT2D eigenvalue weighted by atomic mass is 16.2. The van der Waals surface area contributed by atoms with Crippen molar-refractivity contribution in [2.75, 3.05) is 19.6 Å². The van der Waals surface area contributed by atoms with Crippen LogP contribution in [0.2, 0.25) is 0 Å². The van der Waals surface area contributed by atoms with Crippen molar-refractivity contribution in [3.63, 3.8) is 0 Å². The molecule has 0 radical (unpaired) electrons. The van der Waals surface area contributed by atoms with Gasteiger partial charge in [-0.3, -0.25) is 18.7 Å². The van der Waals surface area contributed by atoms with Gasteiger partial charge in [0, 0.05) is 58.5 Å². The minimum absolute atomic E-state index is 0.102. The third kappa shape index (κ3) is 4.29. The summed E-state index contributed by atoms with van der Waals surface area (Å²) in [6, 6.07) is 1.43. The van der Waals surface area contributed by atoms with E-state index in [2.05, 4.69) is 5.32 Å². The van der Waals surface area contributed by atoms with Gasteiger partial charge in [0.25, 0.3) is 5.56 Å². The van der Waals surface area contributed by atoms with E-state index in [9.17, 15) is 14.4 Å². The number of aromatic nitrogens is 2. The molecule has 7 heteroatoms. The van der Waals surface area contributed by atoms with E-state index >= 15 is 0 Å². The Morgan fingerprint density at radius 1 is 1.19 bits per heavy atom. The second kappa shape index (κ2) is 7.78. The summed E-state index contributed by atoms with van der Waals surface area (Å²) in [6.07, 6.45) is 0.403. The lowest BCUT2D eigenvalue weighted by molar-refractivity contribution is -0.130. The zero-order valence-electron chi connectivity index (χ0n) is 13.2. The van der Waals surface area contributed by atoms with E-state index in [1.807, 2.05) is 13.8 Å². The lowest BCUT2D eigenvalue weighted by atomic mass is 10.3. The molecule has 0 fully saturated rings. The highest BCUT2D eigenvalue weighted by Crippen LogP contribution is 1.94. The first-order chi connectivity index (χ1) is 9.92. The zero-order chi connectivity index (χ0) is 16.0. The molecule has 0 saturated carbocycles.